The second-order valence-corrected chi connectivity index (χ2v) is 5.21. The normalized spacial score (nSPS) is 11.2. The van der Waals surface area contributed by atoms with Crippen molar-refractivity contribution >= 4 is 27.4 Å². The molecule has 0 spiro atoms. The number of aromatic nitrogens is 3. The molecule has 0 amide bonds. The van der Waals surface area contributed by atoms with Gasteiger partial charge in [-0.1, -0.05) is 30.4 Å². The molecule has 2 N–H and O–H groups in total. The molecule has 2 heterocycles. The number of nitrogens with zero attached hydrogens (tertiary/aromatic N) is 3. The highest BCUT2D eigenvalue weighted by atomic mass is 32.1. The average Bonchev–Trinajstić information content (AvgIpc) is 2.95. The summed E-state index contributed by atoms with van der Waals surface area (Å²) in [4.78, 5) is 9.00. The SMILES string of the molecule is CCCn1c(-c2ncc(N)s2)nc2ccccc21. The molecule has 0 aliphatic carbocycles. The first-order valence-electron chi connectivity index (χ1n) is 5.96. The highest BCUT2D eigenvalue weighted by Gasteiger charge is 2.14. The van der Waals surface area contributed by atoms with Crippen molar-refractivity contribution in [3.05, 3.63) is 30.5 Å². The number of nitrogens with two attached hydrogens (primary N) is 1. The van der Waals surface area contributed by atoms with E-state index in [1.807, 2.05) is 18.2 Å². The van der Waals surface area contributed by atoms with Crippen LogP contribution < -0.4 is 5.73 Å². The van der Waals surface area contributed by atoms with Crippen LogP contribution in [0, 0.1) is 0 Å². The van der Waals surface area contributed by atoms with E-state index in [-0.39, 0.29) is 0 Å². The molecule has 18 heavy (non-hydrogen) atoms. The van der Waals surface area contributed by atoms with Crippen molar-refractivity contribution in [2.45, 2.75) is 19.9 Å². The van der Waals surface area contributed by atoms with Crippen LogP contribution in [0.5, 0.6) is 0 Å². The number of benzene rings is 1. The fourth-order valence-electron chi connectivity index (χ4n) is 2.08. The summed E-state index contributed by atoms with van der Waals surface area (Å²) in [5.74, 6) is 0.916. The van der Waals surface area contributed by atoms with Gasteiger partial charge >= 0.3 is 0 Å². The van der Waals surface area contributed by atoms with E-state index in [1.165, 1.54) is 11.3 Å². The van der Waals surface area contributed by atoms with E-state index in [2.05, 4.69) is 27.5 Å². The second kappa shape index (κ2) is 4.42. The Morgan fingerprint density at radius 2 is 2.17 bits per heavy atom. The van der Waals surface area contributed by atoms with E-state index in [1.54, 1.807) is 6.20 Å². The lowest BCUT2D eigenvalue weighted by atomic mass is 10.3. The van der Waals surface area contributed by atoms with Crippen molar-refractivity contribution in [3.8, 4) is 10.8 Å². The van der Waals surface area contributed by atoms with Crippen molar-refractivity contribution < 1.29 is 0 Å². The van der Waals surface area contributed by atoms with Gasteiger partial charge < -0.3 is 10.3 Å². The lowest BCUT2D eigenvalue weighted by Crippen LogP contribution is -1.99. The molecule has 0 aliphatic rings. The third-order valence-electron chi connectivity index (χ3n) is 2.82. The number of aryl methyl sites for hydroxylation is 1. The number of nitrogen functional groups attached to an aromatic ring is 1. The van der Waals surface area contributed by atoms with E-state index in [9.17, 15) is 0 Å². The lowest BCUT2D eigenvalue weighted by Gasteiger charge is -2.04. The Labute approximate surface area is 109 Å². The smallest absolute Gasteiger partial charge is 0.170 e. The van der Waals surface area contributed by atoms with Gasteiger partial charge in [0.25, 0.3) is 0 Å². The minimum absolute atomic E-state index is 0.722. The van der Waals surface area contributed by atoms with Gasteiger partial charge in [-0.3, -0.25) is 0 Å². The number of thiazole rings is 1. The predicted octanol–water partition coefficient (Wildman–Crippen LogP) is 3.15. The van der Waals surface area contributed by atoms with Gasteiger partial charge in [0.15, 0.2) is 10.8 Å². The molecule has 2 aromatic heterocycles. The molecule has 0 bridgehead atoms. The van der Waals surface area contributed by atoms with Crippen LogP contribution in [0.15, 0.2) is 30.5 Å². The third kappa shape index (κ3) is 1.76. The first kappa shape index (κ1) is 11.2. The molecule has 5 heteroatoms. The monoisotopic (exact) mass is 258 g/mol. The molecule has 0 saturated heterocycles. The lowest BCUT2D eigenvalue weighted by molar-refractivity contribution is 0.704. The van der Waals surface area contributed by atoms with Crippen LogP contribution in [0.25, 0.3) is 21.9 Å². The number of hydrogen-bond acceptors (Lipinski definition) is 4. The maximum Gasteiger partial charge on any atom is 0.170 e. The summed E-state index contributed by atoms with van der Waals surface area (Å²) >= 11 is 1.48. The van der Waals surface area contributed by atoms with Crippen molar-refractivity contribution in [2.24, 2.45) is 0 Å². The average molecular weight is 258 g/mol. The van der Waals surface area contributed by atoms with E-state index in [0.29, 0.717) is 0 Å². The quantitative estimate of drug-likeness (QED) is 0.785. The van der Waals surface area contributed by atoms with Crippen LogP contribution in [-0.2, 0) is 6.54 Å². The molecular formula is C13H14N4S. The van der Waals surface area contributed by atoms with Gasteiger partial charge in [0.05, 0.1) is 17.2 Å². The standard InChI is InChI=1S/C13H14N4S/c1-2-7-17-10-6-4-3-5-9(10)16-12(17)13-15-8-11(14)18-13/h3-6,8H,2,7,14H2,1H3. The minimum Gasteiger partial charge on any atom is -0.389 e. The number of hydrogen-bond donors (Lipinski definition) is 1. The van der Waals surface area contributed by atoms with Crippen molar-refractivity contribution in [1.29, 1.82) is 0 Å². The summed E-state index contributed by atoms with van der Waals surface area (Å²) in [6.45, 7) is 3.10. The number of imidazole rings is 1. The Balaban J connectivity index is 2.24. The van der Waals surface area contributed by atoms with Gasteiger partial charge in [0, 0.05) is 6.54 Å². The van der Waals surface area contributed by atoms with E-state index < -0.39 is 0 Å². The maximum atomic E-state index is 5.75. The largest absolute Gasteiger partial charge is 0.389 e. The first-order valence-corrected chi connectivity index (χ1v) is 6.78. The Kier molecular flexibility index (Phi) is 2.76. The number of anilines is 1. The maximum absolute atomic E-state index is 5.75. The third-order valence-corrected chi connectivity index (χ3v) is 3.64. The highest BCUT2D eigenvalue weighted by Crippen LogP contribution is 2.29. The van der Waals surface area contributed by atoms with Gasteiger partial charge in [-0.15, -0.1) is 0 Å². The fraction of sp³-hybridized carbons (Fsp3) is 0.231. The van der Waals surface area contributed by atoms with Gasteiger partial charge in [-0.25, -0.2) is 9.97 Å². The Morgan fingerprint density at radius 1 is 1.33 bits per heavy atom. The molecule has 0 atom stereocenters. The van der Waals surface area contributed by atoms with Crippen LogP contribution in [-0.4, -0.2) is 14.5 Å². The van der Waals surface area contributed by atoms with Crippen LogP contribution in [0.4, 0.5) is 5.00 Å². The van der Waals surface area contributed by atoms with Crippen LogP contribution in [0.3, 0.4) is 0 Å². The molecule has 4 nitrogen and oxygen atoms in total. The number of rotatable bonds is 3. The molecule has 0 unspecified atom stereocenters. The van der Waals surface area contributed by atoms with Crippen LogP contribution in [0.1, 0.15) is 13.3 Å². The van der Waals surface area contributed by atoms with Crippen molar-refractivity contribution in [2.75, 3.05) is 5.73 Å². The number of fused-ring (bicyclic) bond motifs is 1. The van der Waals surface area contributed by atoms with Gasteiger partial charge in [0.2, 0.25) is 0 Å². The van der Waals surface area contributed by atoms with E-state index in [4.69, 9.17) is 5.73 Å². The fourth-order valence-corrected chi connectivity index (χ4v) is 2.76. The van der Waals surface area contributed by atoms with Gasteiger partial charge in [-0.05, 0) is 18.6 Å². The molecule has 1 aromatic carbocycles. The summed E-state index contributed by atoms with van der Waals surface area (Å²) in [7, 11) is 0. The summed E-state index contributed by atoms with van der Waals surface area (Å²) in [6, 6.07) is 8.17. The number of para-hydroxylation sites is 2. The highest BCUT2D eigenvalue weighted by molar-refractivity contribution is 7.18. The molecule has 0 fully saturated rings. The van der Waals surface area contributed by atoms with Gasteiger partial charge in [0.1, 0.15) is 5.00 Å². The van der Waals surface area contributed by atoms with Crippen molar-refractivity contribution in [3.63, 3.8) is 0 Å². The summed E-state index contributed by atoms with van der Waals surface area (Å²) < 4.78 is 2.22. The predicted molar refractivity (Wildman–Crippen MR) is 75.5 cm³/mol. The van der Waals surface area contributed by atoms with Gasteiger partial charge in [-0.2, -0.15) is 0 Å². The Bertz CT molecular complexity index is 683. The zero-order valence-corrected chi connectivity index (χ0v) is 10.9. The molecule has 92 valence electrons. The minimum atomic E-state index is 0.722. The zero-order chi connectivity index (χ0) is 12.5. The Morgan fingerprint density at radius 3 is 2.89 bits per heavy atom. The molecular weight excluding hydrogens is 244 g/mol. The molecule has 3 aromatic rings. The second-order valence-electron chi connectivity index (χ2n) is 4.14. The topological polar surface area (TPSA) is 56.7 Å². The summed E-state index contributed by atoms with van der Waals surface area (Å²) in [5, 5.41) is 1.61. The molecule has 3 rings (SSSR count). The van der Waals surface area contributed by atoms with Crippen LogP contribution >= 0.6 is 11.3 Å². The van der Waals surface area contributed by atoms with E-state index in [0.717, 1.165) is 39.8 Å². The zero-order valence-electron chi connectivity index (χ0n) is 10.1. The summed E-state index contributed by atoms with van der Waals surface area (Å²) in [6.07, 6.45) is 2.75. The molecule has 0 aliphatic heterocycles. The Hall–Kier alpha value is -1.88. The summed E-state index contributed by atoms with van der Waals surface area (Å²) in [5.41, 5.74) is 7.92. The molecule has 0 radical (unpaired) electrons. The van der Waals surface area contributed by atoms with Crippen molar-refractivity contribution in [1.82, 2.24) is 14.5 Å². The molecule has 0 saturated carbocycles. The first-order chi connectivity index (χ1) is 8.79. The van der Waals surface area contributed by atoms with Crippen LogP contribution in [0.2, 0.25) is 0 Å². The van der Waals surface area contributed by atoms with E-state index >= 15 is 0 Å².